The number of rotatable bonds is 1. The fourth-order valence-corrected chi connectivity index (χ4v) is 0. The normalized spacial score (nSPS) is 9.33. The lowest BCUT2D eigenvalue weighted by Gasteiger charge is -1.87. The van der Waals surface area contributed by atoms with E-state index < -0.39 is 8.80 Å². The van der Waals surface area contributed by atoms with Crippen LogP contribution in [-0.4, -0.2) is 14.2 Å². The van der Waals surface area contributed by atoms with E-state index in [2.05, 4.69) is 0 Å². The summed E-state index contributed by atoms with van der Waals surface area (Å²) < 4.78 is 0. The Balaban J connectivity index is 3.26. The van der Waals surface area contributed by atoms with Crippen molar-refractivity contribution >= 4 is 14.2 Å². The Morgan fingerprint density at radius 2 is 1.67 bits per heavy atom. The molecule has 0 aliphatic rings. The van der Waals surface area contributed by atoms with Crippen LogP contribution >= 0.6 is 0 Å². The highest BCUT2D eigenvalue weighted by Crippen LogP contribution is 1.77. The van der Waals surface area contributed by atoms with Gasteiger partial charge >= 0.3 is 0 Å². The summed E-state index contributed by atoms with van der Waals surface area (Å²) in [5.74, 6) is 0. The maximum absolute atomic E-state index is 10.2. The lowest BCUT2D eigenvalue weighted by Crippen LogP contribution is -2.11. The van der Waals surface area contributed by atoms with Gasteiger partial charge in [0, 0.05) is 0 Å². The third kappa shape index (κ3) is 2.14. The molecule has 0 aliphatic heterocycles. The molecule has 0 N–H and O–H groups in total. The molecule has 1 radical (unpaired) electrons. The third-order valence-electron chi connectivity index (χ3n) is 0.704. The lowest BCUT2D eigenvalue weighted by atomic mass is 10.9. The van der Waals surface area contributed by atoms with Crippen molar-refractivity contribution in [2.45, 2.75) is 20.0 Å². The van der Waals surface area contributed by atoms with E-state index in [1.165, 1.54) is 0 Å². The van der Waals surface area contributed by atoms with Gasteiger partial charge in [0.15, 0.2) is 0 Å². The van der Waals surface area contributed by atoms with Gasteiger partial charge in [0.2, 0.25) is 0 Å². The number of hydrogen-bond acceptors (Lipinski definition) is 1. The summed E-state index contributed by atoms with van der Waals surface area (Å²) in [4.78, 5) is 10.2. The molecule has 0 atom stereocenters. The second-order valence-corrected chi connectivity index (χ2v) is 4.26. The zero-order valence-corrected chi connectivity index (χ0v) is 5.41. The topological polar surface area (TPSA) is 17.1 Å². The first-order valence-electron chi connectivity index (χ1n) is 1.95. The zero-order valence-electron chi connectivity index (χ0n) is 4.41. The highest BCUT2D eigenvalue weighted by Gasteiger charge is 1.98. The van der Waals surface area contributed by atoms with Crippen LogP contribution in [-0.2, 0) is 4.79 Å². The molecule has 0 saturated heterocycles. The molecular formula is C4H9OSi. The number of carbonyl (C=O) groups excluding carboxylic acids is 1. The number of hydrogen-bond donors (Lipinski definition) is 0. The van der Waals surface area contributed by atoms with Gasteiger partial charge in [-0.2, -0.15) is 0 Å². The molecule has 0 aromatic heterocycles. The van der Waals surface area contributed by atoms with Gasteiger partial charge < -0.3 is 4.79 Å². The summed E-state index contributed by atoms with van der Waals surface area (Å²) in [7, 11) is -0.591. The molecule has 0 amide bonds. The monoisotopic (exact) mass is 101 g/mol. The summed E-state index contributed by atoms with van der Waals surface area (Å²) in [5, 5.41) is 0.361. The van der Waals surface area contributed by atoms with Gasteiger partial charge in [-0.05, 0) is 6.92 Å². The van der Waals surface area contributed by atoms with Crippen molar-refractivity contribution in [2.24, 2.45) is 0 Å². The van der Waals surface area contributed by atoms with Crippen LogP contribution in [0.1, 0.15) is 6.92 Å². The van der Waals surface area contributed by atoms with E-state index >= 15 is 0 Å². The van der Waals surface area contributed by atoms with Crippen LogP contribution in [0.4, 0.5) is 0 Å². The predicted octanol–water partition coefficient (Wildman–Crippen LogP) is 0.869. The molecule has 0 fully saturated rings. The van der Waals surface area contributed by atoms with Crippen LogP contribution in [0.5, 0.6) is 0 Å². The Kier molecular flexibility index (Phi) is 2.09. The summed E-state index contributed by atoms with van der Waals surface area (Å²) in [6.07, 6.45) is 0. The van der Waals surface area contributed by atoms with Gasteiger partial charge in [-0.15, -0.1) is 0 Å². The van der Waals surface area contributed by atoms with E-state index in [1.807, 2.05) is 13.1 Å². The summed E-state index contributed by atoms with van der Waals surface area (Å²) in [6.45, 7) is 5.63. The van der Waals surface area contributed by atoms with Crippen LogP contribution in [0.3, 0.4) is 0 Å². The Hall–Kier alpha value is -0.113. The van der Waals surface area contributed by atoms with Crippen molar-refractivity contribution < 1.29 is 4.79 Å². The smallest absolute Gasteiger partial charge is 0.127 e. The quantitative estimate of drug-likeness (QED) is 0.448. The van der Waals surface area contributed by atoms with Gasteiger partial charge in [-0.3, -0.25) is 0 Å². The van der Waals surface area contributed by atoms with Crippen molar-refractivity contribution in [1.82, 2.24) is 0 Å². The van der Waals surface area contributed by atoms with E-state index in [9.17, 15) is 4.79 Å². The maximum atomic E-state index is 10.2. The number of carbonyl (C=O) groups is 1. The molecule has 1 nitrogen and oxygen atoms in total. The Labute approximate surface area is 40.0 Å². The van der Waals surface area contributed by atoms with Crippen molar-refractivity contribution in [3.8, 4) is 0 Å². The van der Waals surface area contributed by atoms with E-state index in [0.717, 1.165) is 0 Å². The molecule has 0 unspecified atom stereocenters. The second kappa shape index (κ2) is 2.13. The van der Waals surface area contributed by atoms with Crippen molar-refractivity contribution in [2.75, 3.05) is 0 Å². The standard InChI is InChI=1S/C4H9OSi/c1-4(5)6(2)3/h1-3H3. The van der Waals surface area contributed by atoms with Crippen LogP contribution in [0, 0.1) is 0 Å². The van der Waals surface area contributed by atoms with Gasteiger partial charge in [0.25, 0.3) is 0 Å². The molecule has 0 aromatic carbocycles. The second-order valence-electron chi connectivity index (χ2n) is 1.56. The van der Waals surface area contributed by atoms with Gasteiger partial charge in [0.05, 0.1) is 0 Å². The largest absolute Gasteiger partial charge is 0.306 e. The molecule has 0 rings (SSSR count). The van der Waals surface area contributed by atoms with E-state index in [1.54, 1.807) is 6.92 Å². The Morgan fingerprint density at radius 1 is 1.50 bits per heavy atom. The average Bonchev–Trinajstić information content (AvgIpc) is 1.36. The molecule has 0 aromatic rings. The minimum Gasteiger partial charge on any atom is -0.306 e. The molecule has 0 spiro atoms. The molecule has 0 heterocycles. The fraction of sp³-hybridized carbons (Fsp3) is 0.750. The van der Waals surface area contributed by atoms with Crippen LogP contribution in [0.2, 0.25) is 13.1 Å². The fourth-order valence-electron chi connectivity index (χ4n) is 0. The first-order valence-corrected chi connectivity index (χ1v) is 4.45. The van der Waals surface area contributed by atoms with Gasteiger partial charge in [0.1, 0.15) is 14.2 Å². The minimum absolute atomic E-state index is 0.361. The molecule has 0 bridgehead atoms. The summed E-state index contributed by atoms with van der Waals surface area (Å²) in [5.41, 5.74) is 0. The van der Waals surface area contributed by atoms with Crippen molar-refractivity contribution in [3.05, 3.63) is 0 Å². The van der Waals surface area contributed by atoms with Crippen LogP contribution < -0.4 is 0 Å². The molecule has 0 aliphatic carbocycles. The van der Waals surface area contributed by atoms with E-state index in [0.29, 0.717) is 5.41 Å². The highest BCUT2D eigenvalue weighted by molar-refractivity contribution is 6.87. The predicted molar refractivity (Wildman–Crippen MR) is 28.2 cm³/mol. The van der Waals surface area contributed by atoms with E-state index in [4.69, 9.17) is 0 Å². The first-order chi connectivity index (χ1) is 2.64. The summed E-state index contributed by atoms with van der Waals surface area (Å²) >= 11 is 0. The van der Waals surface area contributed by atoms with Gasteiger partial charge in [-0.1, -0.05) is 13.1 Å². The maximum Gasteiger partial charge on any atom is 0.127 e. The third-order valence-corrected chi connectivity index (χ3v) is 2.11. The average molecular weight is 101 g/mol. The van der Waals surface area contributed by atoms with Crippen LogP contribution in [0.25, 0.3) is 0 Å². The highest BCUT2D eigenvalue weighted by atomic mass is 28.3. The Bertz CT molecular complexity index is 58.6. The lowest BCUT2D eigenvalue weighted by molar-refractivity contribution is -0.110. The zero-order chi connectivity index (χ0) is 5.15. The molecule has 35 valence electrons. The summed E-state index contributed by atoms with van der Waals surface area (Å²) in [6, 6.07) is 0. The SMILES string of the molecule is CC(=O)[Si](C)C. The molecular weight excluding hydrogens is 92.1 g/mol. The molecule has 6 heavy (non-hydrogen) atoms. The van der Waals surface area contributed by atoms with Crippen molar-refractivity contribution in [1.29, 1.82) is 0 Å². The molecule has 0 saturated carbocycles. The Morgan fingerprint density at radius 3 is 1.67 bits per heavy atom. The van der Waals surface area contributed by atoms with Crippen molar-refractivity contribution in [3.63, 3.8) is 0 Å². The van der Waals surface area contributed by atoms with Crippen LogP contribution in [0.15, 0.2) is 0 Å². The van der Waals surface area contributed by atoms with E-state index in [-0.39, 0.29) is 0 Å². The minimum atomic E-state index is -0.591. The van der Waals surface area contributed by atoms with Gasteiger partial charge in [-0.25, -0.2) is 0 Å². The first kappa shape index (κ1) is 5.89. The molecule has 2 heteroatoms.